The van der Waals surface area contributed by atoms with Crippen LogP contribution >= 0.6 is 0 Å². The Balaban J connectivity index is 1.75. The lowest BCUT2D eigenvalue weighted by molar-refractivity contribution is 0.00254. The number of methoxy groups -OCH3 is 2. The van der Waals surface area contributed by atoms with Crippen LogP contribution in [-0.2, 0) is 4.74 Å². The van der Waals surface area contributed by atoms with Crippen molar-refractivity contribution in [3.63, 3.8) is 0 Å². The first-order chi connectivity index (χ1) is 12.7. The Kier molecular flexibility index (Phi) is 5.36. The summed E-state index contributed by atoms with van der Waals surface area (Å²) in [4.78, 5) is 27.6. The maximum Gasteiger partial charge on any atom is 0.410 e. The van der Waals surface area contributed by atoms with Gasteiger partial charge in [-0.05, 0) is 58.6 Å². The second-order valence-electron chi connectivity index (χ2n) is 8.41. The van der Waals surface area contributed by atoms with Crippen molar-refractivity contribution in [2.24, 2.45) is 5.92 Å². The number of Topliss-reactive ketones (excluding diaryl/α,β-unsaturated/α-hetero) is 1. The summed E-state index contributed by atoms with van der Waals surface area (Å²) in [5.41, 5.74) is 0.0849. The Morgan fingerprint density at radius 3 is 1.93 bits per heavy atom. The third kappa shape index (κ3) is 4.20. The number of carbonyl (C=O) groups is 2. The first-order valence-electron chi connectivity index (χ1n) is 9.50. The van der Waals surface area contributed by atoms with Gasteiger partial charge in [-0.1, -0.05) is 0 Å². The van der Waals surface area contributed by atoms with Crippen molar-refractivity contribution < 1.29 is 23.8 Å². The molecule has 2 fully saturated rings. The molecular formula is C21H29NO5. The summed E-state index contributed by atoms with van der Waals surface area (Å²) in [6.07, 6.45) is 2.94. The van der Waals surface area contributed by atoms with Gasteiger partial charge in [-0.15, -0.1) is 0 Å². The second-order valence-corrected chi connectivity index (χ2v) is 8.41. The Morgan fingerprint density at radius 1 is 0.963 bits per heavy atom. The van der Waals surface area contributed by atoms with E-state index < -0.39 is 5.60 Å². The number of ketones is 1. The van der Waals surface area contributed by atoms with Crippen LogP contribution in [0.3, 0.4) is 0 Å². The molecule has 0 spiro atoms. The molecule has 2 atom stereocenters. The summed E-state index contributed by atoms with van der Waals surface area (Å²) in [5, 5.41) is 0. The van der Waals surface area contributed by atoms with E-state index in [1.807, 2.05) is 25.7 Å². The van der Waals surface area contributed by atoms with Gasteiger partial charge in [-0.3, -0.25) is 4.79 Å². The standard InChI is InChI=1S/C21H29NO5/c1-21(2,3)27-20(24)22-15-6-7-16(22)9-13(8-15)19(23)14-10-17(25-4)12-18(11-14)26-5/h10-13,15-16H,6-9H2,1-5H3. The Bertz CT molecular complexity index is 688. The van der Waals surface area contributed by atoms with Gasteiger partial charge < -0.3 is 19.1 Å². The molecule has 3 rings (SSSR count). The van der Waals surface area contributed by atoms with Crippen molar-refractivity contribution in [1.82, 2.24) is 4.90 Å². The van der Waals surface area contributed by atoms with Crippen LogP contribution in [0.5, 0.6) is 11.5 Å². The van der Waals surface area contributed by atoms with E-state index in [0.717, 1.165) is 12.8 Å². The third-order valence-electron chi connectivity index (χ3n) is 5.34. The summed E-state index contributed by atoms with van der Waals surface area (Å²) in [6, 6.07) is 5.41. The monoisotopic (exact) mass is 375 g/mol. The molecule has 1 aromatic rings. The van der Waals surface area contributed by atoms with Gasteiger partial charge in [0.05, 0.1) is 14.2 Å². The van der Waals surface area contributed by atoms with Crippen molar-refractivity contribution in [3.8, 4) is 11.5 Å². The van der Waals surface area contributed by atoms with Gasteiger partial charge in [-0.25, -0.2) is 4.79 Å². The molecule has 6 nitrogen and oxygen atoms in total. The normalized spacial score (nSPS) is 24.5. The Labute approximate surface area is 160 Å². The summed E-state index contributed by atoms with van der Waals surface area (Å²) in [7, 11) is 3.14. The van der Waals surface area contributed by atoms with E-state index in [9.17, 15) is 9.59 Å². The van der Waals surface area contributed by atoms with Gasteiger partial charge in [0.2, 0.25) is 0 Å². The van der Waals surface area contributed by atoms with Gasteiger partial charge in [-0.2, -0.15) is 0 Å². The van der Waals surface area contributed by atoms with Gasteiger partial charge >= 0.3 is 6.09 Å². The number of hydrogen-bond acceptors (Lipinski definition) is 5. The molecule has 1 aromatic carbocycles. The van der Waals surface area contributed by atoms with E-state index in [2.05, 4.69) is 0 Å². The van der Waals surface area contributed by atoms with E-state index in [4.69, 9.17) is 14.2 Å². The molecule has 2 aliphatic rings. The molecule has 2 aliphatic heterocycles. The predicted molar refractivity (Wildman–Crippen MR) is 101 cm³/mol. The molecule has 0 radical (unpaired) electrons. The van der Waals surface area contributed by atoms with E-state index in [1.54, 1.807) is 32.4 Å². The smallest absolute Gasteiger partial charge is 0.410 e. The lowest BCUT2D eigenvalue weighted by Gasteiger charge is -2.39. The summed E-state index contributed by atoms with van der Waals surface area (Å²) >= 11 is 0. The van der Waals surface area contributed by atoms with Gasteiger partial charge in [0, 0.05) is 29.6 Å². The quantitative estimate of drug-likeness (QED) is 0.743. The predicted octanol–water partition coefficient (Wildman–Crippen LogP) is 4.06. The zero-order valence-corrected chi connectivity index (χ0v) is 16.8. The van der Waals surface area contributed by atoms with Crippen LogP contribution in [0.1, 0.15) is 56.8 Å². The first kappa shape index (κ1) is 19.5. The fourth-order valence-corrected chi connectivity index (χ4v) is 4.19. The van der Waals surface area contributed by atoms with Crippen molar-refractivity contribution in [2.75, 3.05) is 14.2 Å². The van der Waals surface area contributed by atoms with Crippen molar-refractivity contribution >= 4 is 11.9 Å². The fourth-order valence-electron chi connectivity index (χ4n) is 4.19. The van der Waals surface area contributed by atoms with E-state index in [1.165, 1.54) is 0 Å². The molecule has 27 heavy (non-hydrogen) atoms. The van der Waals surface area contributed by atoms with Crippen LogP contribution in [0.15, 0.2) is 18.2 Å². The first-order valence-corrected chi connectivity index (χ1v) is 9.50. The minimum atomic E-state index is -0.514. The van der Waals surface area contributed by atoms with E-state index >= 15 is 0 Å². The minimum absolute atomic E-state index is 0.0695. The number of hydrogen-bond donors (Lipinski definition) is 0. The van der Waals surface area contributed by atoms with Crippen LogP contribution < -0.4 is 9.47 Å². The van der Waals surface area contributed by atoms with Gasteiger partial charge in [0.15, 0.2) is 5.78 Å². The van der Waals surface area contributed by atoms with Gasteiger partial charge in [0.1, 0.15) is 17.1 Å². The third-order valence-corrected chi connectivity index (χ3v) is 5.34. The fraction of sp³-hybridized carbons (Fsp3) is 0.619. The second kappa shape index (κ2) is 7.41. The zero-order valence-electron chi connectivity index (χ0n) is 16.8. The molecule has 2 heterocycles. The number of ether oxygens (including phenoxy) is 3. The maximum atomic E-state index is 13.1. The Morgan fingerprint density at radius 2 is 1.48 bits per heavy atom. The van der Waals surface area contributed by atoms with Crippen molar-refractivity contribution in [3.05, 3.63) is 23.8 Å². The molecule has 0 aliphatic carbocycles. The Hall–Kier alpha value is -2.24. The van der Waals surface area contributed by atoms with E-state index in [0.29, 0.717) is 29.9 Å². The highest BCUT2D eigenvalue weighted by Gasteiger charge is 2.46. The molecule has 0 saturated carbocycles. The zero-order chi connectivity index (χ0) is 19.8. The van der Waals surface area contributed by atoms with Crippen LogP contribution in [0.2, 0.25) is 0 Å². The lowest BCUT2D eigenvalue weighted by atomic mass is 9.85. The topological polar surface area (TPSA) is 65.1 Å². The SMILES string of the molecule is COc1cc(OC)cc(C(=O)C2CC3CCC(C2)N3C(=O)OC(C)(C)C)c1. The highest BCUT2D eigenvalue weighted by atomic mass is 16.6. The number of piperidine rings is 1. The summed E-state index contributed by atoms with van der Waals surface area (Å²) in [5.74, 6) is 1.20. The van der Waals surface area contributed by atoms with E-state index in [-0.39, 0.29) is 29.9 Å². The van der Waals surface area contributed by atoms with Crippen molar-refractivity contribution in [1.29, 1.82) is 0 Å². The molecular weight excluding hydrogens is 346 g/mol. The average Bonchev–Trinajstić information content (AvgIpc) is 2.89. The van der Waals surface area contributed by atoms with Crippen LogP contribution in [0, 0.1) is 5.92 Å². The summed E-state index contributed by atoms with van der Waals surface area (Å²) in [6.45, 7) is 5.62. The molecule has 6 heteroatoms. The number of fused-ring (bicyclic) bond motifs is 2. The van der Waals surface area contributed by atoms with Crippen molar-refractivity contribution in [2.45, 2.75) is 64.1 Å². The van der Waals surface area contributed by atoms with Crippen LogP contribution in [-0.4, -0.2) is 48.7 Å². The number of carbonyl (C=O) groups excluding carboxylic acids is 2. The molecule has 2 unspecified atom stereocenters. The molecule has 0 aromatic heterocycles. The van der Waals surface area contributed by atoms with Gasteiger partial charge in [0.25, 0.3) is 0 Å². The minimum Gasteiger partial charge on any atom is -0.497 e. The largest absolute Gasteiger partial charge is 0.497 e. The number of rotatable bonds is 4. The molecule has 1 amide bonds. The van der Waals surface area contributed by atoms with Crippen LogP contribution in [0.25, 0.3) is 0 Å². The number of nitrogens with zero attached hydrogens (tertiary/aromatic N) is 1. The summed E-state index contributed by atoms with van der Waals surface area (Å²) < 4.78 is 16.1. The van der Waals surface area contributed by atoms with Crippen LogP contribution in [0.4, 0.5) is 4.79 Å². The number of benzene rings is 1. The average molecular weight is 375 g/mol. The molecule has 2 saturated heterocycles. The highest BCUT2D eigenvalue weighted by Crippen LogP contribution is 2.41. The highest BCUT2D eigenvalue weighted by molar-refractivity contribution is 5.99. The maximum absolute atomic E-state index is 13.1. The number of amides is 1. The molecule has 0 N–H and O–H groups in total. The lowest BCUT2D eigenvalue weighted by Crippen LogP contribution is -2.49. The molecule has 148 valence electrons. The molecule has 2 bridgehead atoms.